The number of hydrogen-bond acceptors (Lipinski definition) is 4. The second kappa shape index (κ2) is 7.49. The highest BCUT2D eigenvalue weighted by molar-refractivity contribution is 6.30. The van der Waals surface area contributed by atoms with Crippen molar-refractivity contribution in [3.8, 4) is 11.4 Å². The third-order valence-electron chi connectivity index (χ3n) is 3.78. The van der Waals surface area contributed by atoms with E-state index in [0.29, 0.717) is 22.3 Å². The van der Waals surface area contributed by atoms with E-state index >= 15 is 0 Å². The molecule has 0 fully saturated rings. The first kappa shape index (κ1) is 17.2. The first-order chi connectivity index (χ1) is 12.0. The number of carbonyl (C=O) groups excluding carboxylic acids is 1. The lowest BCUT2D eigenvalue weighted by atomic mass is 10.0. The van der Waals surface area contributed by atoms with Crippen LogP contribution in [0.15, 0.2) is 59.1 Å². The molecule has 3 aromatic rings. The van der Waals surface area contributed by atoms with Crippen LogP contribution in [-0.4, -0.2) is 16.0 Å². The summed E-state index contributed by atoms with van der Waals surface area (Å²) >= 11 is 5.96. The van der Waals surface area contributed by atoms with Gasteiger partial charge in [0.1, 0.15) is 6.04 Å². The molecule has 0 spiro atoms. The summed E-state index contributed by atoms with van der Waals surface area (Å²) in [5.74, 6) is 0.718. The van der Waals surface area contributed by atoms with Gasteiger partial charge in [0.15, 0.2) is 0 Å². The largest absolute Gasteiger partial charge is 0.340 e. The van der Waals surface area contributed by atoms with E-state index in [0.717, 1.165) is 5.56 Å². The molecule has 3 rings (SSSR count). The molecular formula is C19H18ClN3O2. The molecule has 0 radical (unpaired) electrons. The molecule has 0 aliphatic heterocycles. The fraction of sp³-hybridized carbons (Fsp3) is 0.211. The second-order valence-corrected chi connectivity index (χ2v) is 6.46. The van der Waals surface area contributed by atoms with Crippen molar-refractivity contribution in [3.63, 3.8) is 0 Å². The normalized spacial score (nSPS) is 12.2. The zero-order chi connectivity index (χ0) is 17.8. The second-order valence-electron chi connectivity index (χ2n) is 6.03. The molecule has 1 aromatic heterocycles. The fourth-order valence-corrected chi connectivity index (χ4v) is 2.62. The van der Waals surface area contributed by atoms with Crippen LogP contribution < -0.4 is 5.32 Å². The Kier molecular flexibility index (Phi) is 5.14. The average molecular weight is 356 g/mol. The van der Waals surface area contributed by atoms with Crippen LogP contribution in [0.5, 0.6) is 0 Å². The lowest BCUT2D eigenvalue weighted by Crippen LogP contribution is -2.32. The summed E-state index contributed by atoms with van der Waals surface area (Å²) in [6, 6.07) is 16.0. The predicted octanol–water partition coefficient (Wildman–Crippen LogP) is 4.52. The molecule has 1 heterocycles. The van der Waals surface area contributed by atoms with Gasteiger partial charge in [-0.25, -0.2) is 0 Å². The summed E-state index contributed by atoms with van der Waals surface area (Å²) in [6.45, 7) is 3.96. The Morgan fingerprint density at radius 2 is 1.88 bits per heavy atom. The Labute approximate surface area is 151 Å². The number of benzene rings is 2. The van der Waals surface area contributed by atoms with Gasteiger partial charge in [-0.1, -0.05) is 67.0 Å². The van der Waals surface area contributed by atoms with E-state index in [-0.39, 0.29) is 11.8 Å². The van der Waals surface area contributed by atoms with E-state index in [1.807, 2.05) is 44.2 Å². The highest BCUT2D eigenvalue weighted by Gasteiger charge is 2.25. The molecule has 0 saturated carbocycles. The van der Waals surface area contributed by atoms with E-state index in [4.69, 9.17) is 16.1 Å². The van der Waals surface area contributed by atoms with E-state index in [2.05, 4.69) is 15.5 Å². The summed E-state index contributed by atoms with van der Waals surface area (Å²) in [6.07, 6.45) is 0. The van der Waals surface area contributed by atoms with Crippen molar-refractivity contribution < 1.29 is 9.32 Å². The third-order valence-corrected chi connectivity index (χ3v) is 4.01. The van der Waals surface area contributed by atoms with Crippen molar-refractivity contribution >= 4 is 17.5 Å². The predicted molar refractivity (Wildman–Crippen MR) is 96.2 cm³/mol. The Morgan fingerprint density at radius 3 is 2.56 bits per heavy atom. The summed E-state index contributed by atoms with van der Waals surface area (Å²) in [5, 5.41) is 7.48. The van der Waals surface area contributed by atoms with Gasteiger partial charge < -0.3 is 9.84 Å². The molecule has 128 valence electrons. The smallest absolute Gasteiger partial charge is 0.251 e. The lowest BCUT2D eigenvalue weighted by molar-refractivity contribution is 0.0914. The summed E-state index contributed by atoms with van der Waals surface area (Å²) in [7, 11) is 0. The number of amides is 1. The molecule has 2 aromatic carbocycles. The van der Waals surface area contributed by atoms with Crippen molar-refractivity contribution in [2.45, 2.75) is 19.9 Å². The summed E-state index contributed by atoms with van der Waals surface area (Å²) in [5.41, 5.74) is 1.35. The minimum atomic E-state index is -0.392. The van der Waals surface area contributed by atoms with Crippen LogP contribution in [0.3, 0.4) is 0 Å². The molecule has 0 bridgehead atoms. The van der Waals surface area contributed by atoms with Crippen LogP contribution >= 0.6 is 11.6 Å². The van der Waals surface area contributed by atoms with Crippen LogP contribution in [0, 0.1) is 5.92 Å². The Balaban J connectivity index is 1.82. The zero-order valence-corrected chi connectivity index (χ0v) is 14.7. The minimum Gasteiger partial charge on any atom is -0.340 e. The molecule has 0 aliphatic rings. The van der Waals surface area contributed by atoms with Crippen molar-refractivity contribution in [2.24, 2.45) is 5.92 Å². The SMILES string of the molecule is CC(C)[C@H](NC(=O)c1cccc(Cl)c1)c1nc(-c2ccccc2)no1. The number of nitrogens with one attached hydrogen (secondary N) is 1. The summed E-state index contributed by atoms with van der Waals surface area (Å²) in [4.78, 5) is 17.0. The van der Waals surface area contributed by atoms with Crippen molar-refractivity contribution in [1.82, 2.24) is 15.5 Å². The molecule has 1 atom stereocenters. The monoisotopic (exact) mass is 355 g/mol. The van der Waals surface area contributed by atoms with Crippen molar-refractivity contribution in [3.05, 3.63) is 71.1 Å². The molecule has 5 nitrogen and oxygen atoms in total. The minimum absolute atomic E-state index is 0.0761. The molecule has 25 heavy (non-hydrogen) atoms. The van der Waals surface area contributed by atoms with E-state index in [1.165, 1.54) is 0 Å². The van der Waals surface area contributed by atoms with Gasteiger partial charge in [0.05, 0.1) is 0 Å². The first-order valence-corrected chi connectivity index (χ1v) is 8.38. The van der Waals surface area contributed by atoms with Crippen molar-refractivity contribution in [1.29, 1.82) is 0 Å². The number of aromatic nitrogens is 2. The molecule has 1 amide bonds. The number of rotatable bonds is 5. The topological polar surface area (TPSA) is 68.0 Å². The number of nitrogens with zero attached hydrogens (tertiary/aromatic N) is 2. The maximum atomic E-state index is 12.5. The van der Waals surface area contributed by atoms with Gasteiger partial charge in [-0.15, -0.1) is 0 Å². The van der Waals surface area contributed by atoms with E-state index < -0.39 is 6.04 Å². The zero-order valence-electron chi connectivity index (χ0n) is 13.9. The average Bonchev–Trinajstić information content (AvgIpc) is 3.09. The standard InChI is InChI=1S/C19H18ClN3O2/c1-12(2)16(21-18(24)14-9-6-10-15(20)11-14)19-22-17(23-25-19)13-7-4-3-5-8-13/h3-12,16H,1-2H3,(H,21,24)/t16-/m0/s1. The molecule has 0 unspecified atom stereocenters. The quantitative estimate of drug-likeness (QED) is 0.730. The number of carbonyl (C=O) groups is 1. The molecule has 6 heteroatoms. The van der Waals surface area contributed by atoms with Gasteiger partial charge in [0, 0.05) is 16.1 Å². The number of halogens is 1. The van der Waals surface area contributed by atoms with E-state index in [1.54, 1.807) is 24.3 Å². The summed E-state index contributed by atoms with van der Waals surface area (Å²) < 4.78 is 5.40. The Morgan fingerprint density at radius 1 is 1.12 bits per heavy atom. The van der Waals surface area contributed by atoms with Crippen LogP contribution in [0.25, 0.3) is 11.4 Å². The van der Waals surface area contributed by atoms with E-state index in [9.17, 15) is 4.79 Å². The first-order valence-electron chi connectivity index (χ1n) is 8.00. The lowest BCUT2D eigenvalue weighted by Gasteiger charge is -2.18. The van der Waals surface area contributed by atoms with Crippen LogP contribution in [0.4, 0.5) is 0 Å². The van der Waals surface area contributed by atoms with Gasteiger partial charge in [0.25, 0.3) is 5.91 Å². The maximum absolute atomic E-state index is 12.5. The van der Waals surface area contributed by atoms with Gasteiger partial charge in [-0.05, 0) is 24.1 Å². The Hall–Kier alpha value is -2.66. The van der Waals surface area contributed by atoms with Gasteiger partial charge in [-0.3, -0.25) is 4.79 Å². The third kappa shape index (κ3) is 4.06. The molecular weight excluding hydrogens is 338 g/mol. The van der Waals surface area contributed by atoms with Gasteiger partial charge in [-0.2, -0.15) is 4.98 Å². The highest BCUT2D eigenvalue weighted by atomic mass is 35.5. The Bertz CT molecular complexity index is 862. The van der Waals surface area contributed by atoms with Crippen molar-refractivity contribution in [2.75, 3.05) is 0 Å². The molecule has 0 aliphatic carbocycles. The molecule has 1 N–H and O–H groups in total. The van der Waals surface area contributed by atoms with Crippen LogP contribution in [-0.2, 0) is 0 Å². The van der Waals surface area contributed by atoms with Gasteiger partial charge in [0.2, 0.25) is 11.7 Å². The maximum Gasteiger partial charge on any atom is 0.251 e. The van der Waals surface area contributed by atoms with Crippen LogP contribution in [0.2, 0.25) is 5.02 Å². The highest BCUT2D eigenvalue weighted by Crippen LogP contribution is 2.24. The van der Waals surface area contributed by atoms with Gasteiger partial charge >= 0.3 is 0 Å². The van der Waals surface area contributed by atoms with Crippen LogP contribution in [0.1, 0.15) is 36.1 Å². The fourth-order valence-electron chi connectivity index (χ4n) is 2.43. The number of hydrogen-bond donors (Lipinski definition) is 1. The molecule has 0 saturated heterocycles.